The number of hydrogen-bond acceptors (Lipinski definition) is 4. The first-order valence-electron chi connectivity index (χ1n) is 8.23. The Hall–Kier alpha value is -2.68. The first-order valence-corrected chi connectivity index (χ1v) is 9.22. The van der Waals surface area contributed by atoms with E-state index in [9.17, 15) is 13.6 Å². The largest absolute Gasteiger partial charge is 0.338 e. The van der Waals surface area contributed by atoms with Crippen LogP contribution in [0.4, 0.5) is 8.78 Å². The second kappa shape index (κ2) is 8.34. The van der Waals surface area contributed by atoms with E-state index >= 15 is 0 Å². The summed E-state index contributed by atoms with van der Waals surface area (Å²) in [7, 11) is 1.57. The molecule has 0 unspecified atom stereocenters. The molecule has 0 aliphatic heterocycles. The summed E-state index contributed by atoms with van der Waals surface area (Å²) in [5, 5.41) is 0.695. The Labute approximate surface area is 159 Å². The molecule has 0 atom stereocenters. The van der Waals surface area contributed by atoms with E-state index in [1.165, 1.54) is 29.1 Å². The van der Waals surface area contributed by atoms with Crippen molar-refractivity contribution in [3.63, 3.8) is 0 Å². The molecule has 3 rings (SSSR count). The number of amides is 1. The minimum atomic E-state index is -2.68. The van der Waals surface area contributed by atoms with Crippen LogP contribution in [0.25, 0.3) is 5.69 Å². The molecule has 6 nitrogen and oxygen atoms in total. The predicted molar refractivity (Wildman–Crippen MR) is 99.0 cm³/mol. The van der Waals surface area contributed by atoms with Gasteiger partial charge in [0.05, 0.1) is 18.0 Å². The standard InChI is InChI=1S/C18H19F2N5OS/c1-13-5-3-4-6-14(13)24-9-8-22-18(24)27-12-16(26)23(2)11-15-21-7-10-25(15)17(19)20/h3-10,17H,11-12H2,1-2H3. The van der Waals surface area contributed by atoms with E-state index in [0.29, 0.717) is 5.16 Å². The summed E-state index contributed by atoms with van der Waals surface area (Å²) in [5.41, 5.74) is 2.09. The summed E-state index contributed by atoms with van der Waals surface area (Å²) in [6.45, 7) is -0.654. The number of thioether (sulfide) groups is 1. The van der Waals surface area contributed by atoms with Crippen molar-refractivity contribution in [3.8, 4) is 5.69 Å². The maximum absolute atomic E-state index is 12.9. The van der Waals surface area contributed by atoms with Crippen LogP contribution in [0.3, 0.4) is 0 Å². The van der Waals surface area contributed by atoms with Crippen molar-refractivity contribution in [1.82, 2.24) is 24.0 Å². The molecular weight excluding hydrogens is 372 g/mol. The van der Waals surface area contributed by atoms with Crippen molar-refractivity contribution in [1.29, 1.82) is 0 Å². The highest BCUT2D eigenvalue weighted by molar-refractivity contribution is 7.99. The topological polar surface area (TPSA) is 56.0 Å². The van der Waals surface area contributed by atoms with Gasteiger partial charge in [-0.3, -0.25) is 13.9 Å². The number of aromatic nitrogens is 4. The van der Waals surface area contributed by atoms with E-state index in [1.807, 2.05) is 42.0 Å². The third kappa shape index (κ3) is 4.36. The molecule has 0 bridgehead atoms. The van der Waals surface area contributed by atoms with Crippen molar-refractivity contribution < 1.29 is 13.6 Å². The van der Waals surface area contributed by atoms with Crippen LogP contribution in [0.15, 0.2) is 54.2 Å². The Morgan fingerprint density at radius 2 is 1.96 bits per heavy atom. The zero-order valence-electron chi connectivity index (χ0n) is 14.9. The molecule has 3 aromatic rings. The highest BCUT2D eigenvalue weighted by Gasteiger charge is 2.17. The molecule has 2 heterocycles. The van der Waals surface area contributed by atoms with E-state index in [4.69, 9.17) is 0 Å². The van der Waals surface area contributed by atoms with E-state index in [-0.39, 0.29) is 24.0 Å². The molecule has 0 saturated carbocycles. The van der Waals surface area contributed by atoms with Crippen LogP contribution in [0.1, 0.15) is 17.9 Å². The zero-order chi connectivity index (χ0) is 19.4. The van der Waals surface area contributed by atoms with E-state index in [1.54, 1.807) is 13.2 Å². The van der Waals surface area contributed by atoms with Gasteiger partial charge in [-0.2, -0.15) is 8.78 Å². The number of imidazole rings is 2. The molecule has 9 heteroatoms. The number of rotatable bonds is 7. The average molecular weight is 391 g/mol. The Bertz CT molecular complexity index is 924. The maximum atomic E-state index is 12.9. The normalized spacial score (nSPS) is 11.1. The molecule has 0 saturated heterocycles. The summed E-state index contributed by atoms with van der Waals surface area (Å²) >= 11 is 1.30. The fraction of sp³-hybridized carbons (Fsp3) is 0.278. The number of hydrogen-bond donors (Lipinski definition) is 0. The number of aryl methyl sites for hydroxylation is 1. The van der Waals surface area contributed by atoms with Crippen LogP contribution in [0, 0.1) is 6.92 Å². The quantitative estimate of drug-likeness (QED) is 0.578. The molecule has 0 fully saturated rings. The molecule has 0 aliphatic carbocycles. The Morgan fingerprint density at radius 1 is 1.22 bits per heavy atom. The van der Waals surface area contributed by atoms with Gasteiger partial charge in [-0.25, -0.2) is 9.97 Å². The van der Waals surface area contributed by atoms with Crippen LogP contribution < -0.4 is 0 Å². The second-order valence-corrected chi connectivity index (χ2v) is 6.88. The number of alkyl halides is 2. The number of halogens is 2. The lowest BCUT2D eigenvalue weighted by Crippen LogP contribution is -2.29. The van der Waals surface area contributed by atoms with E-state index < -0.39 is 6.55 Å². The third-order valence-electron chi connectivity index (χ3n) is 4.07. The fourth-order valence-electron chi connectivity index (χ4n) is 2.59. The van der Waals surface area contributed by atoms with Crippen molar-refractivity contribution in [2.75, 3.05) is 12.8 Å². The Balaban J connectivity index is 1.64. The lowest BCUT2D eigenvalue weighted by atomic mass is 10.2. The Morgan fingerprint density at radius 3 is 2.70 bits per heavy atom. The van der Waals surface area contributed by atoms with Gasteiger partial charge < -0.3 is 4.90 Å². The van der Waals surface area contributed by atoms with Gasteiger partial charge in [-0.05, 0) is 18.6 Å². The molecule has 142 valence electrons. The number of carbonyl (C=O) groups is 1. The van der Waals surface area contributed by atoms with Crippen molar-refractivity contribution in [3.05, 3.63) is 60.4 Å². The first-order chi connectivity index (χ1) is 13.0. The molecule has 1 aromatic carbocycles. The van der Waals surface area contributed by atoms with Crippen molar-refractivity contribution in [2.24, 2.45) is 0 Å². The van der Waals surface area contributed by atoms with E-state index in [0.717, 1.165) is 15.8 Å². The average Bonchev–Trinajstić information content (AvgIpc) is 3.29. The summed E-state index contributed by atoms with van der Waals surface area (Å²) in [5.74, 6) is 0.102. The van der Waals surface area contributed by atoms with Gasteiger partial charge in [-0.1, -0.05) is 30.0 Å². The van der Waals surface area contributed by atoms with Crippen LogP contribution in [-0.2, 0) is 11.3 Å². The van der Waals surface area contributed by atoms with E-state index in [2.05, 4.69) is 9.97 Å². The van der Waals surface area contributed by atoms with Gasteiger partial charge in [0.25, 0.3) is 0 Å². The third-order valence-corrected chi connectivity index (χ3v) is 5.02. The highest BCUT2D eigenvalue weighted by atomic mass is 32.2. The number of nitrogens with zero attached hydrogens (tertiary/aromatic N) is 5. The first kappa shape index (κ1) is 19.1. The molecule has 0 radical (unpaired) electrons. The lowest BCUT2D eigenvalue weighted by Gasteiger charge is -2.17. The molecular formula is C18H19F2N5OS. The number of carbonyl (C=O) groups excluding carboxylic acids is 1. The van der Waals surface area contributed by atoms with Crippen LogP contribution in [-0.4, -0.2) is 42.7 Å². The molecule has 0 aliphatic rings. The van der Waals surface area contributed by atoms with Crippen LogP contribution >= 0.6 is 11.8 Å². The minimum absolute atomic E-state index is 0.0168. The highest BCUT2D eigenvalue weighted by Crippen LogP contribution is 2.23. The maximum Gasteiger partial charge on any atom is 0.319 e. The molecule has 27 heavy (non-hydrogen) atoms. The Kier molecular flexibility index (Phi) is 5.90. The number of benzene rings is 1. The van der Waals surface area contributed by atoms with Gasteiger partial charge in [0.2, 0.25) is 5.91 Å². The van der Waals surface area contributed by atoms with Crippen LogP contribution in [0.2, 0.25) is 0 Å². The molecule has 0 N–H and O–H groups in total. The van der Waals surface area contributed by atoms with Gasteiger partial charge in [0.15, 0.2) is 5.16 Å². The van der Waals surface area contributed by atoms with Gasteiger partial charge in [-0.15, -0.1) is 0 Å². The van der Waals surface area contributed by atoms with Gasteiger partial charge >= 0.3 is 6.55 Å². The SMILES string of the molecule is Cc1ccccc1-n1ccnc1SCC(=O)N(C)Cc1nccn1C(F)F. The van der Waals surface area contributed by atoms with Crippen LogP contribution in [0.5, 0.6) is 0 Å². The monoisotopic (exact) mass is 391 g/mol. The fourth-order valence-corrected chi connectivity index (χ4v) is 3.50. The summed E-state index contributed by atoms with van der Waals surface area (Å²) in [4.78, 5) is 22.0. The number of para-hydroxylation sites is 1. The lowest BCUT2D eigenvalue weighted by molar-refractivity contribution is -0.127. The van der Waals surface area contributed by atoms with Gasteiger partial charge in [0.1, 0.15) is 5.82 Å². The van der Waals surface area contributed by atoms with Crippen molar-refractivity contribution >= 4 is 17.7 Å². The minimum Gasteiger partial charge on any atom is -0.338 e. The molecule has 0 spiro atoms. The molecule has 2 aromatic heterocycles. The second-order valence-electron chi connectivity index (χ2n) is 5.93. The van der Waals surface area contributed by atoms with Gasteiger partial charge in [0, 0.05) is 31.8 Å². The zero-order valence-corrected chi connectivity index (χ0v) is 15.7. The smallest absolute Gasteiger partial charge is 0.319 e. The summed E-state index contributed by atoms with van der Waals surface area (Å²) in [6.07, 6.45) is 6.03. The predicted octanol–water partition coefficient (Wildman–Crippen LogP) is 3.52. The summed E-state index contributed by atoms with van der Waals surface area (Å²) < 4.78 is 28.5. The van der Waals surface area contributed by atoms with Crippen molar-refractivity contribution in [2.45, 2.75) is 25.2 Å². The summed E-state index contributed by atoms with van der Waals surface area (Å²) in [6, 6.07) is 7.90. The molecule has 1 amide bonds.